The highest BCUT2D eigenvalue weighted by atomic mass is 32.1. The Balaban J connectivity index is 1.40. The first-order chi connectivity index (χ1) is 19.3. The lowest BCUT2D eigenvalue weighted by Crippen LogP contribution is -2.39. The van der Waals surface area contributed by atoms with E-state index < -0.39 is 0 Å². The summed E-state index contributed by atoms with van der Waals surface area (Å²) in [5.74, 6) is -0.187. The predicted octanol–water partition coefficient (Wildman–Crippen LogP) is 3.65. The van der Waals surface area contributed by atoms with Gasteiger partial charge in [-0.15, -0.1) is 11.3 Å². The maximum absolute atomic E-state index is 13.6. The summed E-state index contributed by atoms with van der Waals surface area (Å²) in [6.07, 6.45) is 3.12. The van der Waals surface area contributed by atoms with E-state index in [4.69, 9.17) is 9.72 Å². The molecule has 40 heavy (non-hydrogen) atoms. The number of nitrogens with one attached hydrogen (secondary N) is 3. The molecule has 3 N–H and O–H groups in total. The number of nitrogens with zero attached hydrogens (tertiary/aromatic N) is 3. The van der Waals surface area contributed by atoms with Crippen LogP contribution in [0.2, 0.25) is 0 Å². The molecule has 6 heterocycles. The van der Waals surface area contributed by atoms with Gasteiger partial charge in [-0.25, -0.2) is 4.98 Å². The summed E-state index contributed by atoms with van der Waals surface area (Å²) in [6.45, 7) is 13.1. The quantitative estimate of drug-likeness (QED) is 0.333. The third-order valence-electron chi connectivity index (χ3n) is 8.19. The minimum atomic E-state index is -0.187. The zero-order valence-corrected chi connectivity index (χ0v) is 24.3. The molecule has 0 saturated carbocycles. The van der Waals surface area contributed by atoms with Crippen LogP contribution in [0.3, 0.4) is 0 Å². The number of fused-ring (bicyclic) bond motifs is 2. The molecule has 1 atom stereocenters. The van der Waals surface area contributed by atoms with E-state index in [-0.39, 0.29) is 24.1 Å². The molecule has 4 aromatic heterocycles. The molecule has 1 fully saturated rings. The maximum Gasteiger partial charge on any atom is 0.253 e. The molecule has 10 heteroatoms. The van der Waals surface area contributed by atoms with Crippen LogP contribution in [0, 0.1) is 20.8 Å². The van der Waals surface area contributed by atoms with Gasteiger partial charge < -0.3 is 24.8 Å². The summed E-state index contributed by atoms with van der Waals surface area (Å²) >= 11 is 1.74. The number of carbonyl (C=O) groups excluding carboxylic acids is 1. The lowest BCUT2D eigenvalue weighted by Gasteiger charge is -2.34. The van der Waals surface area contributed by atoms with Crippen molar-refractivity contribution in [1.82, 2.24) is 29.9 Å². The number of amides is 1. The highest BCUT2D eigenvalue weighted by Crippen LogP contribution is 2.35. The van der Waals surface area contributed by atoms with E-state index in [9.17, 15) is 9.59 Å². The fourth-order valence-corrected chi connectivity index (χ4v) is 7.05. The van der Waals surface area contributed by atoms with Gasteiger partial charge in [0.15, 0.2) is 0 Å². The summed E-state index contributed by atoms with van der Waals surface area (Å²) in [6, 6.07) is 6.11. The van der Waals surface area contributed by atoms with E-state index in [1.165, 1.54) is 10.6 Å². The Morgan fingerprint density at radius 3 is 2.75 bits per heavy atom. The number of hydrogen-bond donors (Lipinski definition) is 3. The molecule has 0 bridgehead atoms. The Morgan fingerprint density at radius 2 is 2.00 bits per heavy atom. The van der Waals surface area contributed by atoms with E-state index in [0.29, 0.717) is 24.3 Å². The second kappa shape index (κ2) is 10.9. The van der Waals surface area contributed by atoms with Gasteiger partial charge in [0.25, 0.3) is 11.5 Å². The van der Waals surface area contributed by atoms with Crippen LogP contribution in [0.4, 0.5) is 0 Å². The summed E-state index contributed by atoms with van der Waals surface area (Å²) in [7, 11) is 0. The van der Waals surface area contributed by atoms with Crippen molar-refractivity contribution in [3.05, 3.63) is 79.0 Å². The van der Waals surface area contributed by atoms with E-state index in [2.05, 4.69) is 44.1 Å². The molecule has 1 amide bonds. The van der Waals surface area contributed by atoms with Crippen LogP contribution in [0.15, 0.2) is 29.2 Å². The van der Waals surface area contributed by atoms with Crippen molar-refractivity contribution in [2.75, 3.05) is 32.8 Å². The van der Waals surface area contributed by atoms with Crippen LogP contribution in [0.5, 0.6) is 0 Å². The molecule has 4 aromatic rings. The average molecular weight is 561 g/mol. The highest BCUT2D eigenvalue weighted by Gasteiger charge is 2.26. The summed E-state index contributed by atoms with van der Waals surface area (Å²) in [5, 5.41) is 7.47. The average Bonchev–Trinajstić information content (AvgIpc) is 3.56. The molecular weight excluding hydrogens is 524 g/mol. The topological polar surface area (TPSA) is 104 Å². The molecule has 6 rings (SSSR count). The molecule has 9 nitrogen and oxygen atoms in total. The molecule has 0 spiro atoms. The van der Waals surface area contributed by atoms with E-state index in [0.717, 1.165) is 71.2 Å². The van der Waals surface area contributed by atoms with E-state index >= 15 is 0 Å². The van der Waals surface area contributed by atoms with Crippen molar-refractivity contribution in [3.63, 3.8) is 0 Å². The SMILES string of the molecule is Cc1cc(C)c(CNC(=O)c2cc3cc(-c4nc5c(s4)CNCC5)cn3c(C(C)N3CCOCC3)c2C)c(=O)[nH]1. The predicted molar refractivity (Wildman–Crippen MR) is 157 cm³/mol. The number of H-pyrrole nitrogens is 1. The lowest BCUT2D eigenvalue weighted by molar-refractivity contribution is 0.0187. The van der Waals surface area contributed by atoms with Gasteiger partial charge in [0.05, 0.1) is 18.9 Å². The van der Waals surface area contributed by atoms with Gasteiger partial charge in [-0.2, -0.15) is 0 Å². The van der Waals surface area contributed by atoms with Crippen molar-refractivity contribution in [2.45, 2.75) is 53.2 Å². The van der Waals surface area contributed by atoms with Gasteiger partial charge in [0, 0.05) is 89.9 Å². The molecular formula is C30H36N6O3S. The van der Waals surface area contributed by atoms with Crippen LogP contribution < -0.4 is 16.2 Å². The number of ether oxygens (including phenoxy) is 1. The number of aryl methyl sites for hydroxylation is 2. The largest absolute Gasteiger partial charge is 0.379 e. The maximum atomic E-state index is 13.6. The van der Waals surface area contributed by atoms with Crippen LogP contribution >= 0.6 is 11.3 Å². The van der Waals surface area contributed by atoms with Gasteiger partial charge >= 0.3 is 0 Å². The Kier molecular flexibility index (Phi) is 7.35. The minimum Gasteiger partial charge on any atom is -0.379 e. The third kappa shape index (κ3) is 5.01. The first-order valence-corrected chi connectivity index (χ1v) is 14.8. The Morgan fingerprint density at radius 1 is 1.20 bits per heavy atom. The summed E-state index contributed by atoms with van der Waals surface area (Å²) in [4.78, 5) is 37.7. The van der Waals surface area contributed by atoms with E-state index in [1.54, 1.807) is 11.3 Å². The second-order valence-electron chi connectivity index (χ2n) is 10.9. The number of aromatic nitrogens is 3. The monoisotopic (exact) mass is 560 g/mol. The summed E-state index contributed by atoms with van der Waals surface area (Å²) in [5.41, 5.74) is 7.94. The van der Waals surface area contributed by atoms with Gasteiger partial charge in [-0.05, 0) is 57.0 Å². The number of morpholine rings is 1. The Labute approximate surface area is 237 Å². The third-order valence-corrected chi connectivity index (χ3v) is 9.34. The number of hydrogen-bond acceptors (Lipinski definition) is 7. The highest BCUT2D eigenvalue weighted by molar-refractivity contribution is 7.15. The number of pyridine rings is 2. The zero-order valence-electron chi connectivity index (χ0n) is 23.5. The van der Waals surface area contributed by atoms with Gasteiger partial charge in [-0.3, -0.25) is 14.5 Å². The van der Waals surface area contributed by atoms with Gasteiger partial charge in [0.2, 0.25) is 0 Å². The van der Waals surface area contributed by atoms with Crippen molar-refractivity contribution < 1.29 is 9.53 Å². The first-order valence-electron chi connectivity index (χ1n) is 13.9. The molecule has 0 radical (unpaired) electrons. The molecule has 2 aliphatic heterocycles. The van der Waals surface area contributed by atoms with Crippen LogP contribution in [0.1, 0.15) is 62.0 Å². The second-order valence-corrected chi connectivity index (χ2v) is 11.9. The fourth-order valence-electron chi connectivity index (χ4n) is 5.99. The standard InChI is InChI=1S/C30H36N6O3S/c1-17-11-18(2)33-29(38)24(17)14-32-28(37)23-13-22-12-21(30-34-25-5-6-31-15-26(25)40-30)16-36(22)27(19(23)3)20(4)35-7-9-39-10-8-35/h11-13,16,20,31H,5-10,14-15H2,1-4H3,(H,32,37)(H,33,38). The number of thiazole rings is 1. The summed E-state index contributed by atoms with van der Waals surface area (Å²) < 4.78 is 7.85. The fraction of sp³-hybridized carbons (Fsp3) is 0.433. The molecule has 1 saturated heterocycles. The minimum absolute atomic E-state index is 0.0790. The first kappa shape index (κ1) is 26.9. The Hall–Kier alpha value is -3.31. The van der Waals surface area contributed by atoms with Crippen LogP contribution in [0.25, 0.3) is 16.1 Å². The van der Waals surface area contributed by atoms with Crippen molar-refractivity contribution in [2.24, 2.45) is 0 Å². The molecule has 1 unspecified atom stereocenters. The van der Waals surface area contributed by atoms with Crippen LogP contribution in [-0.4, -0.2) is 58.0 Å². The van der Waals surface area contributed by atoms with Crippen molar-refractivity contribution >= 4 is 22.8 Å². The number of rotatable bonds is 6. The zero-order chi connectivity index (χ0) is 28.0. The van der Waals surface area contributed by atoms with E-state index in [1.807, 2.05) is 32.9 Å². The van der Waals surface area contributed by atoms with Gasteiger partial charge in [-0.1, -0.05) is 0 Å². The molecule has 0 aliphatic carbocycles. The van der Waals surface area contributed by atoms with Crippen molar-refractivity contribution in [1.29, 1.82) is 0 Å². The normalized spacial score (nSPS) is 16.7. The Bertz CT molecular complexity index is 1620. The number of aromatic amines is 1. The van der Waals surface area contributed by atoms with Gasteiger partial charge in [0.1, 0.15) is 5.01 Å². The molecule has 210 valence electrons. The van der Waals surface area contributed by atoms with Crippen LogP contribution in [-0.2, 0) is 24.2 Å². The lowest BCUT2D eigenvalue weighted by atomic mass is 10.0. The number of carbonyl (C=O) groups is 1. The molecule has 0 aromatic carbocycles. The smallest absolute Gasteiger partial charge is 0.253 e. The molecule has 2 aliphatic rings. The van der Waals surface area contributed by atoms with Crippen molar-refractivity contribution in [3.8, 4) is 10.6 Å².